The van der Waals surface area contributed by atoms with E-state index in [2.05, 4.69) is 62.4 Å². The Morgan fingerprint density at radius 1 is 0.737 bits per heavy atom. The Kier molecular flexibility index (Phi) is 2.11. The molecule has 1 aliphatic rings. The molecule has 0 unspecified atom stereocenters. The monoisotopic (exact) mass is 244 g/mol. The van der Waals surface area contributed by atoms with Crippen LogP contribution in [0.5, 0.6) is 0 Å². The third-order valence-electron chi connectivity index (χ3n) is 4.52. The van der Waals surface area contributed by atoms with Gasteiger partial charge in [0.05, 0.1) is 0 Å². The van der Waals surface area contributed by atoms with E-state index >= 15 is 0 Å². The van der Waals surface area contributed by atoms with Crippen molar-refractivity contribution in [1.82, 2.24) is 0 Å². The Labute approximate surface area is 113 Å². The average molecular weight is 244 g/mol. The van der Waals surface area contributed by atoms with E-state index in [9.17, 15) is 0 Å². The van der Waals surface area contributed by atoms with Crippen molar-refractivity contribution in [3.63, 3.8) is 0 Å². The van der Waals surface area contributed by atoms with Crippen LogP contribution in [0.2, 0.25) is 0 Å². The highest BCUT2D eigenvalue weighted by Gasteiger charge is 2.23. The quantitative estimate of drug-likeness (QED) is 0.407. The highest BCUT2D eigenvalue weighted by atomic mass is 14.3. The molecule has 0 amide bonds. The summed E-state index contributed by atoms with van der Waals surface area (Å²) < 4.78 is 0. The molecule has 0 atom stereocenters. The molecular weight excluding hydrogens is 228 g/mol. The lowest BCUT2D eigenvalue weighted by Crippen LogP contribution is -1.92. The van der Waals surface area contributed by atoms with Gasteiger partial charge in [0.1, 0.15) is 0 Å². The van der Waals surface area contributed by atoms with Crippen LogP contribution in [0, 0.1) is 13.8 Å². The van der Waals surface area contributed by atoms with Gasteiger partial charge in [-0.15, -0.1) is 0 Å². The molecule has 0 bridgehead atoms. The first-order chi connectivity index (χ1) is 9.27. The molecule has 0 spiro atoms. The minimum absolute atomic E-state index is 1.09. The molecule has 0 saturated heterocycles. The molecule has 0 aromatic heterocycles. The molecule has 0 nitrogen and oxygen atoms in total. The summed E-state index contributed by atoms with van der Waals surface area (Å²) in [5.41, 5.74) is 8.79. The van der Waals surface area contributed by atoms with Crippen LogP contribution in [-0.2, 0) is 6.42 Å². The van der Waals surface area contributed by atoms with Gasteiger partial charge >= 0.3 is 0 Å². The molecule has 0 N–H and O–H groups in total. The van der Waals surface area contributed by atoms with Gasteiger partial charge < -0.3 is 0 Å². The summed E-state index contributed by atoms with van der Waals surface area (Å²) in [6, 6.07) is 17.6. The molecule has 1 aliphatic carbocycles. The molecule has 92 valence electrons. The summed E-state index contributed by atoms with van der Waals surface area (Å²) in [7, 11) is 0. The van der Waals surface area contributed by atoms with E-state index in [-0.39, 0.29) is 0 Å². The Morgan fingerprint density at radius 3 is 2.16 bits per heavy atom. The first kappa shape index (κ1) is 10.8. The van der Waals surface area contributed by atoms with Gasteiger partial charge in [-0.3, -0.25) is 0 Å². The Morgan fingerprint density at radius 2 is 1.37 bits per heavy atom. The first-order valence-corrected chi connectivity index (χ1v) is 6.86. The van der Waals surface area contributed by atoms with Crippen molar-refractivity contribution in [2.45, 2.75) is 20.3 Å². The van der Waals surface area contributed by atoms with Gasteiger partial charge in [0.25, 0.3) is 0 Å². The van der Waals surface area contributed by atoms with Crippen LogP contribution < -0.4 is 0 Å². The summed E-state index contributed by atoms with van der Waals surface area (Å²) in [4.78, 5) is 0. The third kappa shape index (κ3) is 1.34. The van der Waals surface area contributed by atoms with E-state index in [1.165, 1.54) is 44.2 Å². The number of fused-ring (bicyclic) bond motifs is 4. The van der Waals surface area contributed by atoms with Gasteiger partial charge in [0.2, 0.25) is 0 Å². The molecule has 0 heteroatoms. The molecule has 19 heavy (non-hydrogen) atoms. The van der Waals surface area contributed by atoms with E-state index in [1.807, 2.05) is 0 Å². The lowest BCUT2D eigenvalue weighted by molar-refractivity contribution is 1.22. The topological polar surface area (TPSA) is 0 Å². The maximum Gasteiger partial charge on any atom is -0.00105 e. The third-order valence-corrected chi connectivity index (χ3v) is 4.52. The summed E-state index contributed by atoms with van der Waals surface area (Å²) >= 11 is 0. The average Bonchev–Trinajstić information content (AvgIpc) is 2.84. The fourth-order valence-corrected chi connectivity index (χ4v) is 3.54. The van der Waals surface area contributed by atoms with Crippen molar-refractivity contribution < 1.29 is 0 Å². The van der Waals surface area contributed by atoms with Crippen molar-refractivity contribution >= 4 is 10.8 Å². The van der Waals surface area contributed by atoms with Gasteiger partial charge in [-0.1, -0.05) is 48.5 Å². The van der Waals surface area contributed by atoms with Crippen LogP contribution in [0.1, 0.15) is 22.3 Å². The molecule has 0 saturated carbocycles. The number of benzene rings is 3. The number of aryl methyl sites for hydroxylation is 2. The molecule has 3 aromatic rings. The van der Waals surface area contributed by atoms with Gasteiger partial charge in [0.15, 0.2) is 0 Å². The van der Waals surface area contributed by atoms with Crippen LogP contribution in [-0.4, -0.2) is 0 Å². The molecule has 0 aliphatic heterocycles. The fraction of sp³-hybridized carbons (Fsp3) is 0.158. The van der Waals surface area contributed by atoms with E-state index in [1.54, 1.807) is 0 Å². The van der Waals surface area contributed by atoms with Crippen molar-refractivity contribution in [2.24, 2.45) is 0 Å². The van der Waals surface area contributed by atoms with Crippen molar-refractivity contribution in [3.05, 3.63) is 70.8 Å². The van der Waals surface area contributed by atoms with E-state index in [0.717, 1.165) is 6.42 Å². The van der Waals surface area contributed by atoms with E-state index in [4.69, 9.17) is 0 Å². The standard InChI is InChI=1S/C19H16/c1-12-15-8-5-6-9-16(15)13(2)19-17-10-4-3-7-14(17)11-18(12)19/h3-10H,11H2,1-2H3. The van der Waals surface area contributed by atoms with Crippen molar-refractivity contribution in [2.75, 3.05) is 0 Å². The molecule has 0 radical (unpaired) electrons. The Balaban J connectivity index is 2.19. The largest absolute Gasteiger partial charge is 0.0619 e. The second-order valence-corrected chi connectivity index (χ2v) is 5.48. The lowest BCUT2D eigenvalue weighted by atomic mass is 9.90. The van der Waals surface area contributed by atoms with Gasteiger partial charge in [-0.05, 0) is 64.4 Å². The van der Waals surface area contributed by atoms with Gasteiger partial charge in [-0.2, -0.15) is 0 Å². The second kappa shape index (κ2) is 3.71. The number of rotatable bonds is 0. The smallest absolute Gasteiger partial charge is 0.00105 e. The number of hydrogen-bond donors (Lipinski definition) is 0. The van der Waals surface area contributed by atoms with Crippen LogP contribution in [0.3, 0.4) is 0 Å². The van der Waals surface area contributed by atoms with Crippen molar-refractivity contribution in [3.8, 4) is 11.1 Å². The van der Waals surface area contributed by atoms with E-state index in [0.29, 0.717) is 0 Å². The molecule has 0 heterocycles. The highest BCUT2D eigenvalue weighted by Crippen LogP contribution is 2.43. The Hall–Kier alpha value is -2.08. The number of hydrogen-bond acceptors (Lipinski definition) is 0. The first-order valence-electron chi connectivity index (χ1n) is 6.86. The van der Waals surface area contributed by atoms with Crippen LogP contribution in [0.4, 0.5) is 0 Å². The predicted molar refractivity (Wildman–Crippen MR) is 81.7 cm³/mol. The van der Waals surface area contributed by atoms with Crippen molar-refractivity contribution in [1.29, 1.82) is 0 Å². The minimum Gasteiger partial charge on any atom is -0.0619 e. The zero-order valence-electron chi connectivity index (χ0n) is 11.3. The lowest BCUT2D eigenvalue weighted by Gasteiger charge is -2.14. The molecule has 0 fully saturated rings. The summed E-state index contributed by atoms with van der Waals surface area (Å²) in [6.45, 7) is 4.54. The predicted octanol–water partition coefficient (Wildman–Crippen LogP) is 5.03. The minimum atomic E-state index is 1.09. The summed E-state index contributed by atoms with van der Waals surface area (Å²) in [6.07, 6.45) is 1.09. The molecular formula is C19H16. The Bertz CT molecular complexity index is 810. The fourth-order valence-electron chi connectivity index (χ4n) is 3.54. The second-order valence-electron chi connectivity index (χ2n) is 5.48. The van der Waals surface area contributed by atoms with Gasteiger partial charge in [0, 0.05) is 0 Å². The maximum atomic E-state index is 2.27. The van der Waals surface area contributed by atoms with Gasteiger partial charge in [-0.25, -0.2) is 0 Å². The molecule has 4 rings (SSSR count). The summed E-state index contributed by atoms with van der Waals surface area (Å²) in [5, 5.41) is 2.81. The van der Waals surface area contributed by atoms with Crippen LogP contribution in [0.25, 0.3) is 21.9 Å². The molecule has 3 aromatic carbocycles. The zero-order valence-corrected chi connectivity index (χ0v) is 11.3. The van der Waals surface area contributed by atoms with Crippen LogP contribution >= 0.6 is 0 Å². The highest BCUT2D eigenvalue weighted by molar-refractivity contribution is 5.98. The zero-order chi connectivity index (χ0) is 13.0. The van der Waals surface area contributed by atoms with Crippen LogP contribution in [0.15, 0.2) is 48.5 Å². The summed E-state index contributed by atoms with van der Waals surface area (Å²) in [5.74, 6) is 0. The maximum absolute atomic E-state index is 2.27. The van der Waals surface area contributed by atoms with E-state index < -0.39 is 0 Å². The SMILES string of the molecule is Cc1c2c(c(C)c3ccccc13)-c1ccccc1C2. The normalized spacial score (nSPS) is 12.5.